The average Bonchev–Trinajstić information content (AvgIpc) is 3.30. The zero-order valence-electron chi connectivity index (χ0n) is 19.5. The average molecular weight is 483 g/mol. The third-order valence-electron chi connectivity index (χ3n) is 5.97. The normalized spacial score (nSPS) is 15.9. The number of para-hydroxylation sites is 1. The number of carbonyl (C=O) groups excluding carboxylic acids is 2. The number of piperidine rings is 1. The number of hydrogen-bond acceptors (Lipinski definition) is 7. The van der Waals surface area contributed by atoms with Crippen LogP contribution in [0.15, 0.2) is 35.4 Å². The fourth-order valence-electron chi connectivity index (χ4n) is 4.14. The van der Waals surface area contributed by atoms with Crippen molar-refractivity contribution in [1.82, 2.24) is 19.9 Å². The van der Waals surface area contributed by atoms with Crippen LogP contribution in [-0.2, 0) is 22.6 Å². The second-order valence-electron chi connectivity index (χ2n) is 8.46. The van der Waals surface area contributed by atoms with E-state index in [0.717, 1.165) is 43.5 Å². The van der Waals surface area contributed by atoms with Crippen molar-refractivity contribution >= 4 is 44.3 Å². The first kappa shape index (κ1) is 23.9. The second-order valence-corrected chi connectivity index (χ2v) is 9.44. The second kappa shape index (κ2) is 10.8. The highest BCUT2D eigenvalue weighted by Gasteiger charge is 2.27. The number of benzene rings is 1. The Morgan fingerprint density at radius 3 is 2.85 bits per heavy atom. The molecule has 1 aliphatic rings. The molecule has 1 atom stereocenters. The summed E-state index contributed by atoms with van der Waals surface area (Å²) < 4.78 is 1.72. The molecular weight excluding hydrogens is 452 g/mol. The molecule has 2 aromatic heterocycles. The molecule has 34 heavy (non-hydrogen) atoms. The molecule has 4 rings (SSSR count). The Labute approximate surface area is 202 Å². The van der Waals surface area contributed by atoms with Crippen molar-refractivity contribution in [3.8, 4) is 0 Å². The van der Waals surface area contributed by atoms with Crippen LogP contribution in [-0.4, -0.2) is 46.0 Å². The summed E-state index contributed by atoms with van der Waals surface area (Å²) in [6, 6.07) is 7.62. The number of aryl methyl sites for hydroxylation is 1. The lowest BCUT2D eigenvalue weighted by atomic mass is 9.97. The molecule has 180 valence electrons. The molecule has 1 aliphatic heterocycles. The third-order valence-corrected chi connectivity index (χ3v) is 7.06. The summed E-state index contributed by atoms with van der Waals surface area (Å²) in [5.74, 6) is -0.304. The number of carbonyl (C=O) groups is 2. The lowest BCUT2D eigenvalue weighted by Gasteiger charge is -2.31. The van der Waals surface area contributed by atoms with Crippen molar-refractivity contribution in [2.24, 2.45) is 5.92 Å². The maximum absolute atomic E-state index is 13.1. The maximum atomic E-state index is 13.1. The molecule has 0 spiro atoms. The molecule has 2 N–H and O–H groups in total. The number of rotatable bonds is 8. The first-order valence-electron chi connectivity index (χ1n) is 11.8. The molecule has 9 nitrogen and oxygen atoms in total. The Kier molecular flexibility index (Phi) is 7.56. The number of nitrogens with zero attached hydrogens (tertiary/aromatic N) is 4. The van der Waals surface area contributed by atoms with Crippen LogP contribution in [0.4, 0.5) is 10.8 Å². The molecule has 1 fully saturated rings. The minimum absolute atomic E-state index is 0.0730. The molecule has 0 radical (unpaired) electrons. The SMILES string of the molecule is CCCNC(=O)[C@@H]1CCCN(c2nc3ncn(CC(=O)Nc4ccccc4CC)c(=O)c3s2)C1. The van der Waals surface area contributed by atoms with Crippen LogP contribution in [0.3, 0.4) is 0 Å². The van der Waals surface area contributed by atoms with Gasteiger partial charge in [0, 0.05) is 25.3 Å². The largest absolute Gasteiger partial charge is 0.356 e. The van der Waals surface area contributed by atoms with Crippen molar-refractivity contribution in [3.63, 3.8) is 0 Å². The number of hydrogen-bond donors (Lipinski definition) is 2. The van der Waals surface area contributed by atoms with Gasteiger partial charge in [-0.1, -0.05) is 43.4 Å². The molecule has 10 heteroatoms. The topological polar surface area (TPSA) is 109 Å². The molecule has 3 aromatic rings. The zero-order chi connectivity index (χ0) is 24.1. The number of amides is 2. The summed E-state index contributed by atoms with van der Waals surface area (Å²) >= 11 is 1.27. The predicted molar refractivity (Wildman–Crippen MR) is 134 cm³/mol. The Hall–Kier alpha value is -3.27. The highest BCUT2D eigenvalue weighted by molar-refractivity contribution is 7.22. The van der Waals surface area contributed by atoms with Crippen LogP contribution < -0.4 is 21.1 Å². The molecule has 0 bridgehead atoms. The van der Waals surface area contributed by atoms with Crippen LogP contribution in [0.1, 0.15) is 38.7 Å². The van der Waals surface area contributed by atoms with E-state index in [9.17, 15) is 14.4 Å². The molecule has 1 aromatic carbocycles. The Morgan fingerprint density at radius 1 is 1.24 bits per heavy atom. The van der Waals surface area contributed by atoms with Crippen molar-refractivity contribution in [3.05, 3.63) is 46.5 Å². The van der Waals surface area contributed by atoms with Gasteiger partial charge in [-0.3, -0.25) is 19.0 Å². The smallest absolute Gasteiger partial charge is 0.273 e. The summed E-state index contributed by atoms with van der Waals surface area (Å²) in [5.41, 5.74) is 1.87. The van der Waals surface area contributed by atoms with Gasteiger partial charge < -0.3 is 15.5 Å². The standard InChI is InChI=1S/C24H30N6O3S/c1-3-11-25-22(32)17-9-7-12-29(13-17)24-28-21-20(34-24)23(33)30(15-26-21)14-19(31)27-18-10-6-5-8-16(18)4-2/h5-6,8,10,15,17H,3-4,7,9,11-14H2,1-2H3,(H,25,32)(H,27,31)/t17-/m1/s1. The van der Waals surface area contributed by atoms with Gasteiger partial charge in [0.2, 0.25) is 11.8 Å². The van der Waals surface area contributed by atoms with Crippen molar-refractivity contribution < 1.29 is 9.59 Å². The molecule has 0 unspecified atom stereocenters. The van der Waals surface area contributed by atoms with Gasteiger partial charge in [0.25, 0.3) is 5.56 Å². The molecule has 0 aliphatic carbocycles. The Bertz CT molecular complexity index is 1240. The third kappa shape index (κ3) is 5.27. The quantitative estimate of drug-likeness (QED) is 0.511. The van der Waals surface area contributed by atoms with E-state index in [1.165, 1.54) is 22.2 Å². The van der Waals surface area contributed by atoms with Gasteiger partial charge in [-0.15, -0.1) is 0 Å². The predicted octanol–water partition coefficient (Wildman–Crippen LogP) is 2.80. The molecule has 1 saturated heterocycles. The number of thiazole rings is 1. The first-order valence-corrected chi connectivity index (χ1v) is 12.6. The summed E-state index contributed by atoms with van der Waals surface area (Å²) in [5, 5.41) is 6.55. The number of nitrogens with one attached hydrogen (secondary N) is 2. The van der Waals surface area contributed by atoms with Crippen molar-refractivity contribution in [2.75, 3.05) is 29.9 Å². The molecule has 2 amide bonds. The van der Waals surface area contributed by atoms with Gasteiger partial charge in [0.1, 0.15) is 17.6 Å². The van der Waals surface area contributed by atoms with Crippen LogP contribution >= 0.6 is 11.3 Å². The van der Waals surface area contributed by atoms with E-state index in [1.807, 2.05) is 38.1 Å². The van der Waals surface area contributed by atoms with Gasteiger partial charge in [-0.05, 0) is 37.3 Å². The van der Waals surface area contributed by atoms with E-state index in [-0.39, 0.29) is 29.8 Å². The first-order chi connectivity index (χ1) is 16.5. The lowest BCUT2D eigenvalue weighted by molar-refractivity contribution is -0.125. The summed E-state index contributed by atoms with van der Waals surface area (Å²) in [4.78, 5) is 49.0. The Balaban J connectivity index is 1.48. The van der Waals surface area contributed by atoms with Crippen LogP contribution in [0.25, 0.3) is 10.3 Å². The fraction of sp³-hybridized carbons (Fsp3) is 0.458. The van der Waals surface area contributed by atoms with Gasteiger partial charge >= 0.3 is 0 Å². The number of anilines is 2. The van der Waals surface area contributed by atoms with E-state index in [4.69, 9.17) is 0 Å². The summed E-state index contributed by atoms with van der Waals surface area (Å²) in [7, 11) is 0. The summed E-state index contributed by atoms with van der Waals surface area (Å²) in [6.07, 6.45) is 4.80. The maximum Gasteiger partial charge on any atom is 0.273 e. The van der Waals surface area contributed by atoms with Gasteiger partial charge in [-0.2, -0.15) is 4.98 Å². The van der Waals surface area contributed by atoms with Gasteiger partial charge in [0.15, 0.2) is 10.8 Å². The minimum atomic E-state index is -0.290. The van der Waals surface area contributed by atoms with Crippen LogP contribution in [0, 0.1) is 5.92 Å². The van der Waals surface area contributed by atoms with Crippen molar-refractivity contribution in [2.45, 2.75) is 46.1 Å². The fourth-order valence-corrected chi connectivity index (χ4v) is 5.14. The summed E-state index contributed by atoms with van der Waals surface area (Å²) in [6.45, 7) is 5.96. The van der Waals surface area contributed by atoms with E-state index < -0.39 is 0 Å². The van der Waals surface area contributed by atoms with E-state index in [1.54, 1.807) is 0 Å². The highest BCUT2D eigenvalue weighted by Crippen LogP contribution is 2.29. The van der Waals surface area contributed by atoms with Gasteiger partial charge in [-0.25, -0.2) is 4.98 Å². The van der Waals surface area contributed by atoms with Gasteiger partial charge in [0.05, 0.1) is 5.92 Å². The highest BCUT2D eigenvalue weighted by atomic mass is 32.1. The minimum Gasteiger partial charge on any atom is -0.356 e. The van der Waals surface area contributed by atoms with Crippen LogP contribution in [0.2, 0.25) is 0 Å². The molecule has 3 heterocycles. The van der Waals surface area contributed by atoms with Crippen molar-refractivity contribution in [1.29, 1.82) is 0 Å². The lowest BCUT2D eigenvalue weighted by Crippen LogP contribution is -2.43. The zero-order valence-corrected chi connectivity index (χ0v) is 20.4. The van der Waals surface area contributed by atoms with E-state index >= 15 is 0 Å². The van der Waals surface area contributed by atoms with E-state index in [0.29, 0.717) is 28.6 Å². The number of aromatic nitrogens is 3. The molecular formula is C24H30N6O3S. The monoisotopic (exact) mass is 482 g/mol. The number of fused-ring (bicyclic) bond motifs is 1. The Morgan fingerprint density at radius 2 is 2.06 bits per heavy atom. The molecule has 0 saturated carbocycles. The van der Waals surface area contributed by atoms with E-state index in [2.05, 4.69) is 25.5 Å². The van der Waals surface area contributed by atoms with Crippen LogP contribution in [0.5, 0.6) is 0 Å².